The number of amides is 3. The van der Waals surface area contributed by atoms with Crippen LogP contribution in [-0.2, 0) is 0 Å². The minimum atomic E-state index is -0.276. The molecule has 40 heavy (non-hydrogen) atoms. The first-order valence-corrected chi connectivity index (χ1v) is 13.2. The molecule has 2 heterocycles. The number of carbonyl (C=O) groups excluding carboxylic acids is 2. The summed E-state index contributed by atoms with van der Waals surface area (Å²) in [4.78, 5) is 27.5. The van der Waals surface area contributed by atoms with Gasteiger partial charge in [0.2, 0.25) is 0 Å². The van der Waals surface area contributed by atoms with Gasteiger partial charge in [-0.15, -0.1) is 0 Å². The second kappa shape index (κ2) is 11.2. The van der Waals surface area contributed by atoms with Crippen LogP contribution in [0.5, 0.6) is 0 Å². The second-order valence-corrected chi connectivity index (χ2v) is 9.69. The highest BCUT2D eigenvalue weighted by atomic mass is 16.2. The van der Waals surface area contributed by atoms with E-state index in [1.54, 1.807) is 11.0 Å². The normalized spacial score (nSPS) is 14.4. The van der Waals surface area contributed by atoms with Crippen LogP contribution in [0.25, 0.3) is 22.0 Å². The van der Waals surface area contributed by atoms with Crippen LogP contribution < -0.4 is 10.6 Å². The fourth-order valence-corrected chi connectivity index (χ4v) is 4.95. The summed E-state index contributed by atoms with van der Waals surface area (Å²) < 4.78 is 0. The molecule has 1 fully saturated rings. The fourth-order valence-electron chi connectivity index (χ4n) is 4.95. The standard InChI is InChI=1S/C33H27N5O2/c39-32(38-20-19-27(22-38)35-33(40)34-26-12-5-2-6-13-26)25-16-18-31-29(21-25)30(36-37-31)17-15-24-11-7-8-14-28(24)23-9-3-1-4-10-23/h1-14,16,18,21,27H,19-20,22H2,(H,36,37)(H2,34,35,40). The van der Waals surface area contributed by atoms with E-state index < -0.39 is 0 Å². The van der Waals surface area contributed by atoms with E-state index in [-0.39, 0.29) is 18.0 Å². The maximum atomic E-state index is 13.4. The Labute approximate surface area is 232 Å². The lowest BCUT2D eigenvalue weighted by molar-refractivity contribution is 0.0789. The van der Waals surface area contributed by atoms with Gasteiger partial charge in [-0.05, 0) is 59.9 Å². The molecule has 0 spiro atoms. The number of para-hydroxylation sites is 1. The summed E-state index contributed by atoms with van der Waals surface area (Å²) in [6.45, 7) is 1.02. The Kier molecular flexibility index (Phi) is 6.97. The monoisotopic (exact) mass is 525 g/mol. The van der Waals surface area contributed by atoms with E-state index in [2.05, 4.69) is 50.9 Å². The predicted molar refractivity (Wildman–Crippen MR) is 157 cm³/mol. The zero-order valence-electron chi connectivity index (χ0n) is 21.7. The molecule has 4 aromatic carbocycles. The SMILES string of the molecule is O=C(Nc1ccccc1)NC1CCN(C(=O)c2ccc3n[nH]c(C#Cc4ccccc4-c4ccccc4)c3c2)C1. The van der Waals surface area contributed by atoms with E-state index in [1.165, 1.54) is 0 Å². The largest absolute Gasteiger partial charge is 0.337 e. The van der Waals surface area contributed by atoms with Gasteiger partial charge in [-0.3, -0.25) is 9.89 Å². The Bertz CT molecular complexity index is 1730. The quantitative estimate of drug-likeness (QED) is 0.264. The van der Waals surface area contributed by atoms with Gasteiger partial charge in [0.25, 0.3) is 5.91 Å². The number of anilines is 1. The first-order chi connectivity index (χ1) is 19.6. The summed E-state index contributed by atoms with van der Waals surface area (Å²) in [6.07, 6.45) is 0.694. The van der Waals surface area contributed by atoms with Crippen LogP contribution in [0.4, 0.5) is 10.5 Å². The van der Waals surface area contributed by atoms with Crippen molar-refractivity contribution in [3.8, 4) is 23.0 Å². The molecular weight excluding hydrogens is 498 g/mol. The summed E-state index contributed by atoms with van der Waals surface area (Å²) in [5, 5.41) is 14.0. The van der Waals surface area contributed by atoms with Crippen molar-refractivity contribution in [3.05, 3.63) is 120 Å². The summed E-state index contributed by atoms with van der Waals surface area (Å²) in [6, 6.07) is 32.6. The van der Waals surface area contributed by atoms with Gasteiger partial charge >= 0.3 is 6.03 Å². The number of aromatic amines is 1. The Morgan fingerprint density at radius 2 is 1.62 bits per heavy atom. The Morgan fingerprint density at radius 1 is 0.875 bits per heavy atom. The lowest BCUT2D eigenvalue weighted by Crippen LogP contribution is -2.40. The van der Waals surface area contributed by atoms with Crippen molar-refractivity contribution in [1.29, 1.82) is 0 Å². The molecule has 1 atom stereocenters. The summed E-state index contributed by atoms with van der Waals surface area (Å²) >= 11 is 0. The highest BCUT2D eigenvalue weighted by Crippen LogP contribution is 2.24. The number of rotatable bonds is 4. The second-order valence-electron chi connectivity index (χ2n) is 9.69. The van der Waals surface area contributed by atoms with Crippen LogP contribution in [0.2, 0.25) is 0 Å². The molecule has 6 rings (SSSR count). The van der Waals surface area contributed by atoms with Gasteiger partial charge in [-0.2, -0.15) is 5.10 Å². The summed E-state index contributed by atoms with van der Waals surface area (Å²) in [5.74, 6) is 6.44. The molecular formula is C33H27N5O2. The number of urea groups is 1. The summed E-state index contributed by atoms with van der Waals surface area (Å²) in [5.41, 5.74) is 5.77. The minimum Gasteiger partial charge on any atom is -0.337 e. The third-order valence-corrected chi connectivity index (χ3v) is 6.98. The van der Waals surface area contributed by atoms with Crippen molar-refractivity contribution in [2.75, 3.05) is 18.4 Å². The zero-order valence-corrected chi connectivity index (χ0v) is 21.7. The van der Waals surface area contributed by atoms with Crippen molar-refractivity contribution in [2.24, 2.45) is 0 Å². The average Bonchev–Trinajstić information content (AvgIpc) is 3.63. The predicted octanol–water partition coefficient (Wildman–Crippen LogP) is 5.67. The lowest BCUT2D eigenvalue weighted by atomic mass is 10.00. The van der Waals surface area contributed by atoms with Gasteiger partial charge in [0.05, 0.1) is 5.52 Å². The van der Waals surface area contributed by atoms with Crippen molar-refractivity contribution in [1.82, 2.24) is 20.4 Å². The maximum absolute atomic E-state index is 13.4. The van der Waals surface area contributed by atoms with Crippen LogP contribution in [0.3, 0.4) is 0 Å². The number of hydrogen-bond acceptors (Lipinski definition) is 3. The van der Waals surface area contributed by atoms with Gasteiger partial charge in [0, 0.05) is 41.3 Å². The minimum absolute atomic E-state index is 0.0794. The van der Waals surface area contributed by atoms with Crippen LogP contribution in [0, 0.1) is 11.8 Å². The van der Waals surface area contributed by atoms with Crippen LogP contribution in [0.15, 0.2) is 103 Å². The third-order valence-electron chi connectivity index (χ3n) is 6.98. The van der Waals surface area contributed by atoms with Crippen molar-refractivity contribution in [2.45, 2.75) is 12.5 Å². The van der Waals surface area contributed by atoms with Gasteiger partial charge in [0.1, 0.15) is 5.69 Å². The van der Waals surface area contributed by atoms with Crippen molar-refractivity contribution < 1.29 is 9.59 Å². The first kappa shape index (κ1) is 25.0. The highest BCUT2D eigenvalue weighted by Gasteiger charge is 2.28. The smallest absolute Gasteiger partial charge is 0.319 e. The van der Waals surface area contributed by atoms with Gasteiger partial charge in [0.15, 0.2) is 0 Å². The molecule has 1 saturated heterocycles. The molecule has 1 aliphatic heterocycles. The van der Waals surface area contributed by atoms with E-state index in [9.17, 15) is 9.59 Å². The molecule has 7 heteroatoms. The van der Waals surface area contributed by atoms with E-state index in [1.807, 2.05) is 78.9 Å². The number of nitrogens with zero attached hydrogens (tertiary/aromatic N) is 2. The molecule has 1 aromatic heterocycles. The number of aromatic nitrogens is 2. The average molecular weight is 526 g/mol. The van der Waals surface area contributed by atoms with Gasteiger partial charge in [-0.1, -0.05) is 72.7 Å². The molecule has 1 unspecified atom stereocenters. The van der Waals surface area contributed by atoms with Crippen molar-refractivity contribution >= 4 is 28.5 Å². The lowest BCUT2D eigenvalue weighted by Gasteiger charge is -2.17. The van der Waals surface area contributed by atoms with Crippen LogP contribution in [-0.4, -0.2) is 46.2 Å². The molecule has 0 saturated carbocycles. The molecule has 7 nitrogen and oxygen atoms in total. The third kappa shape index (κ3) is 5.42. The molecule has 5 aromatic rings. The molecule has 3 amide bonds. The van der Waals surface area contributed by atoms with Gasteiger partial charge in [-0.25, -0.2) is 4.79 Å². The number of nitrogens with one attached hydrogen (secondary N) is 3. The number of hydrogen-bond donors (Lipinski definition) is 3. The summed E-state index contributed by atoms with van der Waals surface area (Å²) in [7, 11) is 0. The highest BCUT2D eigenvalue weighted by molar-refractivity contribution is 5.99. The van der Waals surface area contributed by atoms with Crippen LogP contribution in [0.1, 0.15) is 28.0 Å². The number of benzene rings is 4. The molecule has 0 radical (unpaired) electrons. The zero-order chi connectivity index (χ0) is 27.3. The maximum Gasteiger partial charge on any atom is 0.319 e. The molecule has 1 aliphatic rings. The topological polar surface area (TPSA) is 90.1 Å². The molecule has 196 valence electrons. The van der Waals surface area contributed by atoms with Crippen molar-refractivity contribution in [3.63, 3.8) is 0 Å². The Morgan fingerprint density at radius 3 is 2.45 bits per heavy atom. The number of carbonyl (C=O) groups is 2. The number of likely N-dealkylation sites (tertiary alicyclic amines) is 1. The number of H-pyrrole nitrogens is 1. The molecule has 0 bridgehead atoms. The Hall–Kier alpha value is -5.35. The molecule has 0 aliphatic carbocycles. The molecule has 3 N–H and O–H groups in total. The van der Waals surface area contributed by atoms with E-state index in [0.29, 0.717) is 30.8 Å². The first-order valence-electron chi connectivity index (χ1n) is 13.2. The van der Waals surface area contributed by atoms with E-state index in [0.717, 1.165) is 33.3 Å². The Balaban J connectivity index is 1.17. The van der Waals surface area contributed by atoms with Gasteiger partial charge < -0.3 is 15.5 Å². The van der Waals surface area contributed by atoms with Crippen LogP contribution >= 0.6 is 0 Å². The number of fused-ring (bicyclic) bond motifs is 1. The van der Waals surface area contributed by atoms with E-state index >= 15 is 0 Å². The fraction of sp³-hybridized carbons (Fsp3) is 0.121. The van der Waals surface area contributed by atoms with E-state index in [4.69, 9.17) is 0 Å².